The second kappa shape index (κ2) is 7.99. The second-order valence-electron chi connectivity index (χ2n) is 6.72. The van der Waals surface area contributed by atoms with Gasteiger partial charge in [-0.15, -0.1) is 0 Å². The molecule has 0 spiro atoms. The Bertz CT molecular complexity index is 302. The summed E-state index contributed by atoms with van der Waals surface area (Å²) in [5.41, 5.74) is 4.96. The molecule has 1 atom stereocenters. The summed E-state index contributed by atoms with van der Waals surface area (Å²) < 4.78 is 0. The molecule has 1 fully saturated rings. The van der Waals surface area contributed by atoms with Crippen LogP contribution < -0.4 is 11.1 Å². The minimum atomic E-state index is -0.548. The minimum Gasteiger partial charge on any atom is -0.368 e. The van der Waals surface area contributed by atoms with E-state index in [9.17, 15) is 4.79 Å². The molecule has 0 radical (unpaired) electrons. The SMILES string of the molecule is CCNC(C)(CCCCN(CC1CC1)C(C)C)C(N)=O. The third-order valence-corrected chi connectivity index (χ3v) is 4.40. The van der Waals surface area contributed by atoms with Crippen LogP contribution in [0.1, 0.15) is 59.8 Å². The van der Waals surface area contributed by atoms with E-state index >= 15 is 0 Å². The topological polar surface area (TPSA) is 58.4 Å². The van der Waals surface area contributed by atoms with Crippen molar-refractivity contribution in [3.05, 3.63) is 0 Å². The molecule has 1 aliphatic rings. The van der Waals surface area contributed by atoms with Gasteiger partial charge in [0.1, 0.15) is 0 Å². The molecule has 0 aliphatic heterocycles. The molecule has 118 valence electrons. The maximum Gasteiger partial charge on any atom is 0.237 e. The number of hydrogen-bond acceptors (Lipinski definition) is 3. The van der Waals surface area contributed by atoms with Crippen LogP contribution in [-0.2, 0) is 4.79 Å². The normalized spacial score (nSPS) is 18.5. The summed E-state index contributed by atoms with van der Waals surface area (Å²) in [7, 11) is 0. The van der Waals surface area contributed by atoms with Gasteiger partial charge in [0.15, 0.2) is 0 Å². The van der Waals surface area contributed by atoms with Crippen molar-refractivity contribution in [3.8, 4) is 0 Å². The highest BCUT2D eigenvalue weighted by Crippen LogP contribution is 2.30. The lowest BCUT2D eigenvalue weighted by Gasteiger charge is -2.29. The highest BCUT2D eigenvalue weighted by atomic mass is 16.1. The van der Waals surface area contributed by atoms with Crippen LogP contribution in [0.2, 0.25) is 0 Å². The zero-order chi connectivity index (χ0) is 15.2. The van der Waals surface area contributed by atoms with Crippen molar-refractivity contribution in [2.24, 2.45) is 11.7 Å². The molecule has 0 saturated heterocycles. The van der Waals surface area contributed by atoms with Crippen LogP contribution in [0.15, 0.2) is 0 Å². The zero-order valence-corrected chi connectivity index (χ0v) is 13.7. The Morgan fingerprint density at radius 3 is 2.50 bits per heavy atom. The molecule has 3 N–H and O–H groups in total. The molecule has 4 heteroatoms. The number of nitrogens with two attached hydrogens (primary N) is 1. The Morgan fingerprint density at radius 1 is 1.40 bits per heavy atom. The largest absolute Gasteiger partial charge is 0.368 e. The summed E-state index contributed by atoms with van der Waals surface area (Å²) in [5.74, 6) is 0.702. The van der Waals surface area contributed by atoms with Crippen molar-refractivity contribution in [1.82, 2.24) is 10.2 Å². The molecular formula is C16H33N3O. The number of hydrogen-bond donors (Lipinski definition) is 2. The van der Waals surface area contributed by atoms with Gasteiger partial charge in [0.05, 0.1) is 5.54 Å². The molecule has 0 aromatic heterocycles. The molecule has 1 aliphatic carbocycles. The lowest BCUT2D eigenvalue weighted by Crippen LogP contribution is -2.53. The minimum absolute atomic E-state index is 0.238. The lowest BCUT2D eigenvalue weighted by molar-refractivity contribution is -0.124. The molecule has 0 aromatic rings. The highest BCUT2D eigenvalue weighted by molar-refractivity contribution is 5.84. The van der Waals surface area contributed by atoms with Gasteiger partial charge in [0.2, 0.25) is 5.91 Å². The lowest BCUT2D eigenvalue weighted by atomic mass is 9.94. The van der Waals surface area contributed by atoms with Gasteiger partial charge in [-0.2, -0.15) is 0 Å². The number of rotatable bonds is 11. The summed E-state index contributed by atoms with van der Waals surface area (Å²) in [6.45, 7) is 11.6. The molecule has 1 rings (SSSR count). The van der Waals surface area contributed by atoms with Crippen LogP contribution in [0, 0.1) is 5.92 Å². The molecule has 4 nitrogen and oxygen atoms in total. The van der Waals surface area contributed by atoms with Gasteiger partial charge in [0.25, 0.3) is 0 Å². The number of primary amides is 1. The van der Waals surface area contributed by atoms with Crippen LogP contribution in [0.4, 0.5) is 0 Å². The van der Waals surface area contributed by atoms with E-state index in [1.807, 2.05) is 13.8 Å². The Morgan fingerprint density at radius 2 is 2.05 bits per heavy atom. The van der Waals surface area contributed by atoms with Crippen LogP contribution in [0.3, 0.4) is 0 Å². The van der Waals surface area contributed by atoms with Gasteiger partial charge < -0.3 is 16.0 Å². The average Bonchev–Trinajstić information content (AvgIpc) is 3.16. The number of nitrogens with zero attached hydrogens (tertiary/aromatic N) is 1. The summed E-state index contributed by atoms with van der Waals surface area (Å²) in [4.78, 5) is 14.1. The van der Waals surface area contributed by atoms with Crippen molar-refractivity contribution in [1.29, 1.82) is 0 Å². The first kappa shape index (κ1) is 17.4. The monoisotopic (exact) mass is 283 g/mol. The Labute approximate surface area is 124 Å². The highest BCUT2D eigenvalue weighted by Gasteiger charge is 2.29. The van der Waals surface area contributed by atoms with Crippen LogP contribution in [0.25, 0.3) is 0 Å². The fourth-order valence-corrected chi connectivity index (χ4v) is 2.67. The van der Waals surface area contributed by atoms with Crippen molar-refractivity contribution in [2.75, 3.05) is 19.6 Å². The van der Waals surface area contributed by atoms with E-state index in [1.54, 1.807) is 0 Å². The predicted octanol–water partition coefficient (Wildman–Crippen LogP) is 2.13. The quantitative estimate of drug-likeness (QED) is 0.571. The standard InChI is InChI=1S/C16H33N3O/c1-5-18-16(4,15(17)20)10-6-7-11-19(13(2)3)12-14-8-9-14/h13-14,18H,5-12H2,1-4H3,(H2,17,20). The van der Waals surface area contributed by atoms with E-state index in [1.165, 1.54) is 19.4 Å². The molecule has 1 amide bonds. The van der Waals surface area contributed by atoms with Crippen LogP contribution in [0.5, 0.6) is 0 Å². The smallest absolute Gasteiger partial charge is 0.237 e. The van der Waals surface area contributed by atoms with Gasteiger partial charge in [-0.05, 0) is 71.9 Å². The number of carbonyl (C=O) groups is 1. The Hall–Kier alpha value is -0.610. The summed E-state index contributed by atoms with van der Waals surface area (Å²) in [6.07, 6.45) is 5.82. The molecule has 1 saturated carbocycles. The first-order valence-electron chi connectivity index (χ1n) is 8.18. The molecule has 20 heavy (non-hydrogen) atoms. The average molecular weight is 283 g/mol. The van der Waals surface area contributed by atoms with E-state index < -0.39 is 5.54 Å². The Balaban J connectivity index is 2.28. The van der Waals surface area contributed by atoms with Crippen molar-refractivity contribution >= 4 is 5.91 Å². The van der Waals surface area contributed by atoms with Crippen LogP contribution in [-0.4, -0.2) is 42.0 Å². The molecule has 1 unspecified atom stereocenters. The van der Waals surface area contributed by atoms with Crippen molar-refractivity contribution in [3.63, 3.8) is 0 Å². The molecule has 0 bridgehead atoms. The third-order valence-electron chi connectivity index (χ3n) is 4.40. The maximum absolute atomic E-state index is 11.6. The van der Waals surface area contributed by atoms with E-state index in [0.29, 0.717) is 6.04 Å². The van der Waals surface area contributed by atoms with Crippen molar-refractivity contribution in [2.45, 2.75) is 71.4 Å². The fourth-order valence-electron chi connectivity index (χ4n) is 2.67. The molecule has 0 heterocycles. The number of likely N-dealkylation sites (N-methyl/N-ethyl adjacent to an activating group) is 1. The Kier molecular flexibility index (Phi) is 6.96. The van der Waals surface area contributed by atoms with Gasteiger partial charge in [-0.1, -0.05) is 6.92 Å². The van der Waals surface area contributed by atoms with Gasteiger partial charge in [0, 0.05) is 12.6 Å². The fraction of sp³-hybridized carbons (Fsp3) is 0.938. The van der Waals surface area contributed by atoms with Crippen LogP contribution >= 0.6 is 0 Å². The van der Waals surface area contributed by atoms with Gasteiger partial charge in [-0.25, -0.2) is 0 Å². The van der Waals surface area contributed by atoms with E-state index in [2.05, 4.69) is 24.1 Å². The first-order chi connectivity index (χ1) is 9.39. The number of nitrogens with one attached hydrogen (secondary N) is 1. The second-order valence-corrected chi connectivity index (χ2v) is 6.72. The van der Waals surface area contributed by atoms with E-state index in [-0.39, 0.29) is 5.91 Å². The number of amides is 1. The predicted molar refractivity (Wildman–Crippen MR) is 84.6 cm³/mol. The van der Waals surface area contributed by atoms with Crippen molar-refractivity contribution < 1.29 is 4.79 Å². The van der Waals surface area contributed by atoms with E-state index in [4.69, 9.17) is 5.73 Å². The third kappa shape index (κ3) is 5.80. The molecule has 0 aromatic carbocycles. The van der Waals surface area contributed by atoms with E-state index in [0.717, 1.165) is 38.3 Å². The first-order valence-corrected chi connectivity index (χ1v) is 8.18. The summed E-state index contributed by atoms with van der Waals surface area (Å²) in [6, 6.07) is 0.617. The molecular weight excluding hydrogens is 250 g/mol. The number of carbonyl (C=O) groups excluding carboxylic acids is 1. The zero-order valence-electron chi connectivity index (χ0n) is 13.7. The summed E-state index contributed by atoms with van der Waals surface area (Å²) in [5, 5.41) is 3.22. The summed E-state index contributed by atoms with van der Waals surface area (Å²) >= 11 is 0. The number of unbranched alkanes of at least 4 members (excludes halogenated alkanes) is 1. The van der Waals surface area contributed by atoms with Gasteiger partial charge in [-0.3, -0.25) is 4.79 Å². The maximum atomic E-state index is 11.6. The van der Waals surface area contributed by atoms with Gasteiger partial charge >= 0.3 is 0 Å².